The Kier molecular flexibility index (Phi) is 24.4. The highest BCUT2D eigenvalue weighted by atomic mass is 14.7. The molecule has 7 heavy (non-hydrogen) atoms. The maximum atomic E-state index is 6.33. The molecule has 0 aromatic rings. The minimum atomic E-state index is 0.861. The maximum Gasteiger partial charge on any atom is -0.00505 e. The highest BCUT2D eigenvalue weighted by Crippen LogP contribution is 1.54. The molecule has 0 saturated heterocycles. The van der Waals surface area contributed by atoms with Gasteiger partial charge in [-0.05, 0) is 26.7 Å². The summed E-state index contributed by atoms with van der Waals surface area (Å²) in [6.07, 6.45) is 2.24. The van der Waals surface area contributed by atoms with Gasteiger partial charge >= 0.3 is 0 Å². The van der Waals surface area contributed by atoms with Crippen molar-refractivity contribution in [3.05, 3.63) is 0 Å². The Morgan fingerprint density at radius 2 is 1.71 bits per heavy atom. The Balaban J connectivity index is 0. The Hall–Kier alpha value is -0.370. The molecule has 0 unspecified atom stereocenters. The number of rotatable bonds is 1. The minimum absolute atomic E-state index is 0.861. The fourth-order valence-corrected chi connectivity index (χ4v) is 0. The smallest absolute Gasteiger partial charge is 0.00505 e. The van der Waals surface area contributed by atoms with Crippen molar-refractivity contribution in [3.8, 4) is 0 Å². The van der Waals surface area contributed by atoms with Crippen LogP contribution in [0.4, 0.5) is 0 Å². The molecule has 0 aromatic carbocycles. The zero-order chi connectivity index (χ0) is 6.12. The summed E-state index contributed by atoms with van der Waals surface area (Å²) >= 11 is 0. The summed E-state index contributed by atoms with van der Waals surface area (Å²) in [6, 6.07) is 0. The van der Waals surface area contributed by atoms with E-state index in [1.807, 2.05) is 21.0 Å². The van der Waals surface area contributed by atoms with E-state index in [0.717, 1.165) is 6.42 Å². The van der Waals surface area contributed by atoms with Gasteiger partial charge in [-0.3, -0.25) is 0 Å². The molecule has 0 aromatic heterocycles. The molecule has 0 fully saturated rings. The van der Waals surface area contributed by atoms with Gasteiger partial charge in [0, 0.05) is 0 Å². The highest BCUT2D eigenvalue weighted by Gasteiger charge is 1.47. The first-order chi connectivity index (χ1) is 3.33. The lowest BCUT2D eigenvalue weighted by atomic mass is 10.6. The molecule has 0 aliphatic heterocycles. The fraction of sp³-hybridized carbons (Fsp3) is 0.800. The van der Waals surface area contributed by atoms with Crippen LogP contribution in [0.5, 0.6) is 0 Å². The van der Waals surface area contributed by atoms with Crippen molar-refractivity contribution in [3.63, 3.8) is 0 Å². The van der Waals surface area contributed by atoms with Crippen LogP contribution in [0.25, 0.3) is 0 Å². The van der Waals surface area contributed by atoms with E-state index in [4.69, 9.17) is 5.41 Å². The summed E-state index contributed by atoms with van der Waals surface area (Å²) in [6.45, 7) is 1.94. The summed E-state index contributed by atoms with van der Waals surface area (Å²) in [5.41, 5.74) is 0. The van der Waals surface area contributed by atoms with Crippen LogP contribution >= 0.6 is 0 Å². The Labute approximate surface area is 45.4 Å². The quantitative estimate of drug-likeness (QED) is 0.474. The molecular weight excluding hydrogens is 88.1 g/mol. The molecule has 0 amide bonds. The molecule has 0 spiro atoms. The molecule has 44 valence electrons. The van der Waals surface area contributed by atoms with Crippen LogP contribution in [-0.2, 0) is 0 Å². The summed E-state index contributed by atoms with van der Waals surface area (Å²) in [4.78, 5) is 0. The van der Waals surface area contributed by atoms with E-state index in [-0.39, 0.29) is 0 Å². The van der Waals surface area contributed by atoms with Gasteiger partial charge in [0.05, 0.1) is 0 Å². The van der Waals surface area contributed by atoms with Crippen molar-refractivity contribution in [2.45, 2.75) is 13.3 Å². The molecule has 0 rings (SSSR count). The van der Waals surface area contributed by atoms with E-state index in [1.54, 1.807) is 0 Å². The maximum absolute atomic E-state index is 6.33. The molecule has 0 atom stereocenters. The molecule has 0 aliphatic rings. The third kappa shape index (κ3) is 187. The van der Waals surface area contributed by atoms with Crippen LogP contribution in [0.3, 0.4) is 0 Å². The van der Waals surface area contributed by atoms with Gasteiger partial charge in [0.2, 0.25) is 0 Å². The molecule has 2 nitrogen and oxygen atoms in total. The monoisotopic (exact) mass is 102 g/mol. The van der Waals surface area contributed by atoms with Crippen LogP contribution in [-0.4, -0.2) is 20.3 Å². The van der Waals surface area contributed by atoms with Crippen LogP contribution in [0.2, 0.25) is 0 Å². The lowest BCUT2D eigenvalue weighted by Crippen LogP contribution is -1.89. The van der Waals surface area contributed by atoms with Gasteiger partial charge in [0.15, 0.2) is 0 Å². The molecule has 0 radical (unpaired) electrons. The molecular formula is C5H14N2. The van der Waals surface area contributed by atoms with E-state index >= 15 is 0 Å². The standard InChI is InChI=1S/C3H7N.C2H7N/c1-2-3-4;1-3-2/h3-4H,2H2,1H3;3H,1-2H3. The normalized spacial score (nSPS) is 6.14. The summed E-state index contributed by atoms with van der Waals surface area (Å²) in [5.74, 6) is 0. The van der Waals surface area contributed by atoms with E-state index in [2.05, 4.69) is 5.32 Å². The van der Waals surface area contributed by atoms with Gasteiger partial charge < -0.3 is 10.7 Å². The predicted molar refractivity (Wildman–Crippen MR) is 34.1 cm³/mol. The topological polar surface area (TPSA) is 35.9 Å². The van der Waals surface area contributed by atoms with E-state index in [0.29, 0.717) is 0 Å². The lowest BCUT2D eigenvalue weighted by molar-refractivity contribution is 1.02. The summed E-state index contributed by atoms with van der Waals surface area (Å²) in [5, 5.41) is 9.08. The average molecular weight is 102 g/mol. The first kappa shape index (κ1) is 9.80. The van der Waals surface area contributed by atoms with Crippen LogP contribution in [0.15, 0.2) is 0 Å². The second-order valence-electron chi connectivity index (χ2n) is 1.11. The van der Waals surface area contributed by atoms with Crippen molar-refractivity contribution in [1.82, 2.24) is 5.32 Å². The number of hydrogen-bond acceptors (Lipinski definition) is 2. The molecule has 0 aliphatic carbocycles. The second-order valence-corrected chi connectivity index (χ2v) is 1.11. The lowest BCUT2D eigenvalue weighted by Gasteiger charge is -1.59. The first-order valence-electron chi connectivity index (χ1n) is 2.40. The molecule has 2 N–H and O–H groups in total. The average Bonchev–Trinajstić information content (AvgIpc) is 1.69. The van der Waals surface area contributed by atoms with Gasteiger partial charge in [-0.25, -0.2) is 0 Å². The van der Waals surface area contributed by atoms with E-state index in [9.17, 15) is 0 Å². The third-order valence-corrected chi connectivity index (χ3v) is 0.204. The van der Waals surface area contributed by atoms with E-state index in [1.165, 1.54) is 6.21 Å². The van der Waals surface area contributed by atoms with Gasteiger partial charge in [0.1, 0.15) is 0 Å². The van der Waals surface area contributed by atoms with Crippen molar-refractivity contribution in [1.29, 1.82) is 5.41 Å². The Bertz CT molecular complexity index is 27.3. The van der Waals surface area contributed by atoms with E-state index < -0.39 is 0 Å². The van der Waals surface area contributed by atoms with Gasteiger partial charge in [-0.15, -0.1) is 0 Å². The van der Waals surface area contributed by atoms with Gasteiger partial charge in [0.25, 0.3) is 0 Å². The first-order valence-corrected chi connectivity index (χ1v) is 2.40. The zero-order valence-electron chi connectivity index (χ0n) is 5.28. The molecule has 0 bridgehead atoms. The van der Waals surface area contributed by atoms with Crippen LogP contribution in [0.1, 0.15) is 13.3 Å². The predicted octanol–water partition coefficient (Wildman–Crippen LogP) is 0.882. The summed E-state index contributed by atoms with van der Waals surface area (Å²) in [7, 11) is 3.75. The van der Waals surface area contributed by atoms with Crippen LogP contribution in [0, 0.1) is 5.41 Å². The fourth-order valence-electron chi connectivity index (χ4n) is 0. The Morgan fingerprint density at radius 3 is 1.71 bits per heavy atom. The number of nitrogens with one attached hydrogen (secondary N) is 2. The van der Waals surface area contributed by atoms with Gasteiger partial charge in [-0.2, -0.15) is 0 Å². The molecule has 2 heteroatoms. The third-order valence-electron chi connectivity index (χ3n) is 0.204. The molecule has 0 heterocycles. The van der Waals surface area contributed by atoms with Crippen molar-refractivity contribution >= 4 is 6.21 Å². The zero-order valence-corrected chi connectivity index (χ0v) is 5.28. The minimum Gasteiger partial charge on any atom is -0.323 e. The summed E-state index contributed by atoms with van der Waals surface area (Å²) < 4.78 is 0. The van der Waals surface area contributed by atoms with Crippen LogP contribution < -0.4 is 5.32 Å². The SMILES string of the molecule is CCC=N.CNC. The second kappa shape index (κ2) is 17.4. The Morgan fingerprint density at radius 1 is 1.57 bits per heavy atom. The highest BCUT2D eigenvalue weighted by molar-refractivity contribution is 5.51. The van der Waals surface area contributed by atoms with Gasteiger partial charge in [-0.1, -0.05) is 6.92 Å². The van der Waals surface area contributed by atoms with Crippen molar-refractivity contribution in [2.24, 2.45) is 0 Å². The largest absolute Gasteiger partial charge is 0.323 e. The number of hydrogen-bond donors (Lipinski definition) is 2. The van der Waals surface area contributed by atoms with Crippen molar-refractivity contribution in [2.75, 3.05) is 14.1 Å². The van der Waals surface area contributed by atoms with Crippen molar-refractivity contribution < 1.29 is 0 Å². The molecule has 0 saturated carbocycles.